The van der Waals surface area contributed by atoms with E-state index in [1.165, 1.54) is 6.21 Å². The van der Waals surface area contributed by atoms with E-state index in [0.717, 1.165) is 5.56 Å². The molecule has 0 spiro atoms. The first kappa shape index (κ1) is 26.2. The predicted molar refractivity (Wildman–Crippen MR) is 139 cm³/mol. The number of carbonyl (C=O) groups excluding carboxylic acids is 3. The zero-order valence-corrected chi connectivity index (χ0v) is 20.5. The average Bonchev–Trinajstić information content (AvgIpc) is 2.85. The number of halogens is 1. The van der Waals surface area contributed by atoms with Gasteiger partial charge < -0.3 is 20.1 Å². The number of ether oxygens (including phenoxy) is 2. The van der Waals surface area contributed by atoms with Gasteiger partial charge in [0.05, 0.1) is 12.8 Å². The molecule has 3 rings (SSSR count). The third kappa shape index (κ3) is 8.14. The molecule has 3 aromatic carbocycles. The Hall–Kier alpha value is -4.37. The average molecular weight is 509 g/mol. The molecule has 0 atom stereocenters. The van der Waals surface area contributed by atoms with E-state index in [-0.39, 0.29) is 12.5 Å². The van der Waals surface area contributed by atoms with Crippen LogP contribution in [0, 0.1) is 6.92 Å². The van der Waals surface area contributed by atoms with Crippen molar-refractivity contribution in [3.8, 4) is 11.5 Å². The summed E-state index contributed by atoms with van der Waals surface area (Å²) in [6.07, 6.45) is 1.27. The number of carbonyl (C=O) groups is 3. The lowest BCUT2D eigenvalue weighted by molar-refractivity contribution is -0.136. The lowest BCUT2D eigenvalue weighted by atomic mass is 10.2. The van der Waals surface area contributed by atoms with Crippen molar-refractivity contribution in [2.75, 3.05) is 23.8 Å². The zero-order chi connectivity index (χ0) is 25.9. The molecule has 0 saturated carbocycles. The second-order valence-corrected chi connectivity index (χ2v) is 7.94. The van der Waals surface area contributed by atoms with Crippen LogP contribution < -0.4 is 25.5 Å². The van der Waals surface area contributed by atoms with Crippen LogP contribution in [0.3, 0.4) is 0 Å². The van der Waals surface area contributed by atoms with Crippen LogP contribution in [0.15, 0.2) is 71.8 Å². The first-order valence-corrected chi connectivity index (χ1v) is 11.4. The number of benzene rings is 3. The van der Waals surface area contributed by atoms with Crippen LogP contribution in [-0.4, -0.2) is 37.1 Å². The summed E-state index contributed by atoms with van der Waals surface area (Å²) in [4.78, 5) is 36.4. The second-order valence-electron chi connectivity index (χ2n) is 7.50. The molecule has 3 amide bonds. The van der Waals surface area contributed by atoms with Gasteiger partial charge in [0.2, 0.25) is 0 Å². The lowest BCUT2D eigenvalue weighted by Crippen LogP contribution is -2.32. The molecular formula is C26H25ClN4O5. The van der Waals surface area contributed by atoms with Gasteiger partial charge in [-0.05, 0) is 74.0 Å². The smallest absolute Gasteiger partial charge is 0.329 e. The maximum atomic E-state index is 12.3. The van der Waals surface area contributed by atoms with Crippen molar-refractivity contribution in [3.63, 3.8) is 0 Å². The predicted octanol–water partition coefficient (Wildman–Crippen LogP) is 4.15. The largest absolute Gasteiger partial charge is 0.494 e. The Morgan fingerprint density at radius 3 is 2.42 bits per heavy atom. The van der Waals surface area contributed by atoms with E-state index in [2.05, 4.69) is 21.2 Å². The summed E-state index contributed by atoms with van der Waals surface area (Å²) >= 11 is 6.06. The molecule has 36 heavy (non-hydrogen) atoms. The molecule has 0 unspecified atom stereocenters. The van der Waals surface area contributed by atoms with Gasteiger partial charge >= 0.3 is 11.8 Å². The highest BCUT2D eigenvalue weighted by Crippen LogP contribution is 2.22. The Bertz CT molecular complexity index is 1260. The summed E-state index contributed by atoms with van der Waals surface area (Å²) in [6.45, 7) is 4.03. The van der Waals surface area contributed by atoms with Crippen LogP contribution in [0.5, 0.6) is 11.5 Å². The number of nitrogens with one attached hydrogen (secondary N) is 3. The lowest BCUT2D eigenvalue weighted by Gasteiger charge is -2.10. The standard InChI is InChI=1S/C26H25ClN4O5/c1-3-35-22-10-8-20(9-11-22)29-24(32)16-36-23-12-7-19(27)14-18(23)15-28-31-26(34)25(33)30-21-6-4-5-17(2)13-21/h4-15H,3,16H2,1-2H3,(H,29,32)(H,30,33)(H,31,34)/b28-15-. The number of aryl methyl sites for hydroxylation is 1. The summed E-state index contributed by atoms with van der Waals surface area (Å²) in [5.74, 6) is -1.18. The number of anilines is 2. The molecule has 0 heterocycles. The molecule has 0 saturated heterocycles. The van der Waals surface area contributed by atoms with Gasteiger partial charge in [-0.1, -0.05) is 23.7 Å². The summed E-state index contributed by atoms with van der Waals surface area (Å²) in [5.41, 5.74) is 4.58. The third-order valence-electron chi connectivity index (χ3n) is 4.63. The van der Waals surface area contributed by atoms with E-state index in [1.807, 2.05) is 19.9 Å². The van der Waals surface area contributed by atoms with Crippen molar-refractivity contribution in [2.24, 2.45) is 5.10 Å². The molecule has 10 heteroatoms. The van der Waals surface area contributed by atoms with E-state index in [1.54, 1.807) is 60.7 Å². The van der Waals surface area contributed by atoms with Gasteiger partial charge in [-0.2, -0.15) is 5.10 Å². The Balaban J connectivity index is 1.55. The Kier molecular flexibility index (Phi) is 9.41. The van der Waals surface area contributed by atoms with Gasteiger partial charge in [0.1, 0.15) is 11.5 Å². The number of hydrazone groups is 1. The minimum absolute atomic E-state index is 0.277. The van der Waals surface area contributed by atoms with E-state index in [9.17, 15) is 14.4 Å². The van der Waals surface area contributed by atoms with Crippen LogP contribution in [0.1, 0.15) is 18.1 Å². The molecule has 9 nitrogen and oxygen atoms in total. The molecule has 0 aromatic heterocycles. The number of hydrogen-bond donors (Lipinski definition) is 3. The van der Waals surface area contributed by atoms with Crippen LogP contribution in [-0.2, 0) is 14.4 Å². The molecule has 0 aliphatic carbocycles. The molecule has 3 N–H and O–H groups in total. The topological polar surface area (TPSA) is 118 Å². The monoisotopic (exact) mass is 508 g/mol. The zero-order valence-electron chi connectivity index (χ0n) is 19.7. The van der Waals surface area contributed by atoms with E-state index in [0.29, 0.717) is 40.1 Å². The first-order chi connectivity index (χ1) is 17.3. The summed E-state index contributed by atoms with van der Waals surface area (Å²) in [7, 11) is 0. The van der Waals surface area contributed by atoms with E-state index in [4.69, 9.17) is 21.1 Å². The summed E-state index contributed by atoms with van der Waals surface area (Å²) < 4.78 is 11.0. The molecule has 0 bridgehead atoms. The van der Waals surface area contributed by atoms with Gasteiger partial charge in [-0.25, -0.2) is 5.43 Å². The molecule has 3 aromatic rings. The van der Waals surface area contributed by atoms with E-state index < -0.39 is 11.8 Å². The highest BCUT2D eigenvalue weighted by Gasteiger charge is 2.13. The number of amides is 3. The normalized spacial score (nSPS) is 10.5. The van der Waals surface area contributed by atoms with Crippen molar-refractivity contribution < 1.29 is 23.9 Å². The van der Waals surface area contributed by atoms with Gasteiger partial charge in [-0.3, -0.25) is 14.4 Å². The molecular weight excluding hydrogens is 484 g/mol. The SMILES string of the molecule is CCOc1ccc(NC(=O)COc2ccc(Cl)cc2/C=N\NC(=O)C(=O)Nc2cccc(C)c2)cc1. The summed E-state index contributed by atoms with van der Waals surface area (Å²) in [5, 5.41) is 9.42. The quantitative estimate of drug-likeness (QED) is 0.228. The Labute approximate surface area is 213 Å². The van der Waals surface area contributed by atoms with Crippen molar-refractivity contribution in [3.05, 3.63) is 82.9 Å². The molecule has 186 valence electrons. The molecule has 0 aliphatic rings. The van der Waals surface area contributed by atoms with Gasteiger partial charge in [0.15, 0.2) is 6.61 Å². The van der Waals surface area contributed by atoms with Crippen molar-refractivity contribution in [1.29, 1.82) is 0 Å². The fourth-order valence-electron chi connectivity index (χ4n) is 3.02. The Morgan fingerprint density at radius 1 is 0.917 bits per heavy atom. The maximum absolute atomic E-state index is 12.3. The number of hydrogen-bond acceptors (Lipinski definition) is 6. The van der Waals surface area contributed by atoms with Gasteiger partial charge in [0.25, 0.3) is 5.91 Å². The fourth-order valence-corrected chi connectivity index (χ4v) is 3.20. The van der Waals surface area contributed by atoms with Gasteiger partial charge in [0, 0.05) is 22.0 Å². The van der Waals surface area contributed by atoms with Gasteiger partial charge in [-0.15, -0.1) is 0 Å². The van der Waals surface area contributed by atoms with Crippen LogP contribution >= 0.6 is 11.6 Å². The third-order valence-corrected chi connectivity index (χ3v) is 4.87. The number of nitrogens with zero attached hydrogens (tertiary/aromatic N) is 1. The summed E-state index contributed by atoms with van der Waals surface area (Å²) in [6, 6.07) is 18.7. The van der Waals surface area contributed by atoms with Crippen LogP contribution in [0.25, 0.3) is 0 Å². The van der Waals surface area contributed by atoms with E-state index >= 15 is 0 Å². The van der Waals surface area contributed by atoms with Crippen LogP contribution in [0.2, 0.25) is 5.02 Å². The fraction of sp³-hybridized carbons (Fsp3) is 0.154. The molecule has 0 aliphatic heterocycles. The minimum atomic E-state index is -0.952. The van der Waals surface area contributed by atoms with Crippen molar-refractivity contribution in [2.45, 2.75) is 13.8 Å². The van der Waals surface area contributed by atoms with Crippen molar-refractivity contribution in [1.82, 2.24) is 5.43 Å². The number of rotatable bonds is 9. The molecule has 0 radical (unpaired) electrons. The highest BCUT2D eigenvalue weighted by molar-refractivity contribution is 6.39. The maximum Gasteiger partial charge on any atom is 0.329 e. The van der Waals surface area contributed by atoms with Crippen molar-refractivity contribution >= 4 is 46.9 Å². The second kappa shape index (κ2) is 12.9. The first-order valence-electron chi connectivity index (χ1n) is 11.0. The molecule has 0 fully saturated rings. The minimum Gasteiger partial charge on any atom is -0.494 e. The van der Waals surface area contributed by atoms with Crippen LogP contribution in [0.4, 0.5) is 11.4 Å². The highest BCUT2D eigenvalue weighted by atomic mass is 35.5. The Morgan fingerprint density at radius 2 is 1.69 bits per heavy atom.